The van der Waals surface area contributed by atoms with Crippen LogP contribution in [-0.4, -0.2) is 55.5 Å². The molecule has 1 saturated heterocycles. The number of hydrogen-bond donors (Lipinski definition) is 2. The first-order chi connectivity index (χ1) is 15.7. The Morgan fingerprint density at radius 1 is 1.09 bits per heavy atom. The number of ether oxygens (including phenoxy) is 1. The van der Waals surface area contributed by atoms with Crippen LogP contribution in [-0.2, 0) is 24.7 Å². The molecule has 33 heavy (non-hydrogen) atoms. The summed E-state index contributed by atoms with van der Waals surface area (Å²) < 4.78 is 5.18. The maximum atomic E-state index is 13.1. The predicted octanol–water partition coefficient (Wildman–Crippen LogP) is 2.48. The Balaban J connectivity index is 1.61. The quantitative estimate of drug-likeness (QED) is 0.471. The van der Waals surface area contributed by atoms with Crippen LogP contribution in [0.3, 0.4) is 0 Å². The summed E-state index contributed by atoms with van der Waals surface area (Å²) in [6, 6.07) is 15.4. The number of nitrogens with one attached hydrogen (secondary N) is 2. The minimum absolute atomic E-state index is 0.318. The van der Waals surface area contributed by atoms with Gasteiger partial charge in [-0.2, -0.15) is 0 Å². The van der Waals surface area contributed by atoms with Crippen LogP contribution in [0.25, 0.3) is 0 Å². The van der Waals surface area contributed by atoms with E-state index in [2.05, 4.69) is 10.6 Å². The molecule has 2 N–H and O–H groups in total. The SMILES string of the molecule is CCC1(c2ccccc2)NC(=O)N(CC(=O)OC(C)C(=O)Nc2ccc(N(C)C)cc2)C1=O. The van der Waals surface area contributed by atoms with Crippen molar-refractivity contribution in [1.82, 2.24) is 10.2 Å². The van der Waals surface area contributed by atoms with Gasteiger partial charge in [0.25, 0.3) is 11.8 Å². The monoisotopic (exact) mass is 452 g/mol. The van der Waals surface area contributed by atoms with Gasteiger partial charge in [0.05, 0.1) is 0 Å². The van der Waals surface area contributed by atoms with Crippen LogP contribution in [0.5, 0.6) is 0 Å². The Bertz CT molecular complexity index is 1040. The zero-order chi connectivity index (χ0) is 24.2. The topological polar surface area (TPSA) is 108 Å². The van der Waals surface area contributed by atoms with Crippen molar-refractivity contribution < 1.29 is 23.9 Å². The summed E-state index contributed by atoms with van der Waals surface area (Å²) >= 11 is 0. The number of esters is 1. The van der Waals surface area contributed by atoms with E-state index in [9.17, 15) is 19.2 Å². The normalized spacial score (nSPS) is 18.5. The van der Waals surface area contributed by atoms with Crippen LogP contribution >= 0.6 is 0 Å². The molecular weight excluding hydrogens is 424 g/mol. The molecule has 1 aliphatic heterocycles. The van der Waals surface area contributed by atoms with E-state index in [1.54, 1.807) is 43.3 Å². The highest BCUT2D eigenvalue weighted by molar-refractivity contribution is 6.09. The average molecular weight is 453 g/mol. The van der Waals surface area contributed by atoms with Gasteiger partial charge in [0, 0.05) is 25.5 Å². The van der Waals surface area contributed by atoms with Gasteiger partial charge < -0.3 is 20.3 Å². The number of anilines is 2. The van der Waals surface area contributed by atoms with Crippen LogP contribution < -0.4 is 15.5 Å². The Morgan fingerprint density at radius 3 is 2.30 bits per heavy atom. The van der Waals surface area contributed by atoms with Gasteiger partial charge >= 0.3 is 12.0 Å². The van der Waals surface area contributed by atoms with E-state index in [-0.39, 0.29) is 0 Å². The molecule has 2 aromatic carbocycles. The van der Waals surface area contributed by atoms with Crippen molar-refractivity contribution in [3.05, 3.63) is 60.2 Å². The molecule has 3 rings (SSSR count). The third kappa shape index (κ3) is 4.97. The molecule has 9 heteroatoms. The summed E-state index contributed by atoms with van der Waals surface area (Å²) in [5.74, 6) is -1.91. The van der Waals surface area contributed by atoms with E-state index in [0.717, 1.165) is 10.6 Å². The molecule has 0 aliphatic carbocycles. The van der Waals surface area contributed by atoms with Gasteiger partial charge in [-0.05, 0) is 43.2 Å². The number of carbonyl (C=O) groups excluding carboxylic acids is 4. The second-order valence-corrected chi connectivity index (χ2v) is 8.01. The summed E-state index contributed by atoms with van der Waals surface area (Å²) in [6.45, 7) is 2.62. The molecule has 1 heterocycles. The highest BCUT2D eigenvalue weighted by Gasteiger charge is 2.51. The van der Waals surface area contributed by atoms with Crippen molar-refractivity contribution in [3.63, 3.8) is 0 Å². The number of hydrogen-bond acceptors (Lipinski definition) is 6. The van der Waals surface area contributed by atoms with Crippen molar-refractivity contribution in [2.75, 3.05) is 30.9 Å². The Hall–Kier alpha value is -3.88. The third-order valence-corrected chi connectivity index (χ3v) is 5.59. The smallest absolute Gasteiger partial charge is 0.327 e. The van der Waals surface area contributed by atoms with Crippen LogP contribution in [0.15, 0.2) is 54.6 Å². The molecule has 4 amide bonds. The van der Waals surface area contributed by atoms with Gasteiger partial charge in [0.2, 0.25) is 0 Å². The lowest BCUT2D eigenvalue weighted by Crippen LogP contribution is -2.44. The first-order valence-electron chi connectivity index (χ1n) is 10.7. The average Bonchev–Trinajstić information content (AvgIpc) is 3.05. The fraction of sp³-hybridized carbons (Fsp3) is 0.333. The van der Waals surface area contributed by atoms with Crippen LogP contribution in [0.4, 0.5) is 16.2 Å². The largest absolute Gasteiger partial charge is 0.451 e. The summed E-state index contributed by atoms with van der Waals surface area (Å²) in [5, 5.41) is 5.38. The number of nitrogens with zero attached hydrogens (tertiary/aromatic N) is 2. The zero-order valence-corrected chi connectivity index (χ0v) is 19.1. The zero-order valence-electron chi connectivity index (χ0n) is 19.1. The number of amides is 4. The van der Waals surface area contributed by atoms with E-state index in [1.165, 1.54) is 6.92 Å². The van der Waals surface area contributed by atoms with Gasteiger partial charge in [-0.25, -0.2) is 4.79 Å². The fourth-order valence-corrected chi connectivity index (χ4v) is 3.64. The molecule has 2 atom stereocenters. The maximum absolute atomic E-state index is 13.1. The standard InChI is InChI=1S/C24H28N4O5/c1-5-24(17-9-7-6-8-10-17)22(31)28(23(32)26-24)15-20(29)33-16(2)21(30)25-18-11-13-19(14-12-18)27(3)4/h6-14,16H,5,15H2,1-4H3,(H,25,30)(H,26,32). The van der Waals surface area contributed by atoms with E-state index < -0.39 is 42.0 Å². The van der Waals surface area contributed by atoms with Crippen LogP contribution in [0, 0.1) is 0 Å². The van der Waals surface area contributed by atoms with Crippen LogP contribution in [0.2, 0.25) is 0 Å². The summed E-state index contributed by atoms with van der Waals surface area (Å²) in [5.41, 5.74) is 0.924. The number of urea groups is 1. The van der Waals surface area contributed by atoms with Crippen molar-refractivity contribution in [2.24, 2.45) is 0 Å². The molecule has 0 radical (unpaired) electrons. The molecule has 9 nitrogen and oxygen atoms in total. The van der Waals surface area contributed by atoms with Gasteiger partial charge in [-0.15, -0.1) is 0 Å². The highest BCUT2D eigenvalue weighted by atomic mass is 16.5. The minimum atomic E-state index is -1.24. The highest BCUT2D eigenvalue weighted by Crippen LogP contribution is 2.32. The number of benzene rings is 2. The van der Waals surface area contributed by atoms with Gasteiger partial charge in [0.15, 0.2) is 6.10 Å². The van der Waals surface area contributed by atoms with E-state index in [1.807, 2.05) is 37.2 Å². The first kappa shape index (κ1) is 23.8. The lowest BCUT2D eigenvalue weighted by atomic mass is 9.87. The second-order valence-electron chi connectivity index (χ2n) is 8.01. The predicted molar refractivity (Wildman–Crippen MR) is 124 cm³/mol. The molecular formula is C24H28N4O5. The number of imide groups is 1. The molecule has 2 unspecified atom stereocenters. The Morgan fingerprint density at radius 2 is 1.73 bits per heavy atom. The summed E-state index contributed by atoms with van der Waals surface area (Å²) in [6.07, 6.45) is -0.796. The van der Waals surface area contributed by atoms with Crippen molar-refractivity contribution >= 4 is 35.2 Å². The molecule has 0 bridgehead atoms. The Labute approximate surface area is 192 Å². The second kappa shape index (κ2) is 9.72. The molecule has 1 fully saturated rings. The van der Waals surface area contributed by atoms with E-state index in [4.69, 9.17) is 4.74 Å². The first-order valence-corrected chi connectivity index (χ1v) is 10.7. The van der Waals surface area contributed by atoms with Crippen LogP contribution in [0.1, 0.15) is 25.8 Å². The molecule has 174 valence electrons. The third-order valence-electron chi connectivity index (χ3n) is 5.59. The maximum Gasteiger partial charge on any atom is 0.327 e. The minimum Gasteiger partial charge on any atom is -0.451 e. The van der Waals surface area contributed by atoms with Gasteiger partial charge in [0.1, 0.15) is 12.1 Å². The van der Waals surface area contributed by atoms with Crippen molar-refractivity contribution in [2.45, 2.75) is 31.9 Å². The number of rotatable bonds is 8. The number of carbonyl (C=O) groups is 4. The van der Waals surface area contributed by atoms with Crippen molar-refractivity contribution in [1.29, 1.82) is 0 Å². The molecule has 1 aliphatic rings. The van der Waals surface area contributed by atoms with Gasteiger partial charge in [-0.3, -0.25) is 19.3 Å². The molecule has 0 saturated carbocycles. The van der Waals surface area contributed by atoms with Crippen molar-refractivity contribution in [3.8, 4) is 0 Å². The molecule has 0 spiro atoms. The van der Waals surface area contributed by atoms with E-state index in [0.29, 0.717) is 17.7 Å². The van der Waals surface area contributed by atoms with Gasteiger partial charge in [-0.1, -0.05) is 37.3 Å². The van der Waals surface area contributed by atoms with E-state index >= 15 is 0 Å². The lowest BCUT2D eigenvalue weighted by Gasteiger charge is -2.25. The summed E-state index contributed by atoms with van der Waals surface area (Å²) in [4.78, 5) is 53.2. The lowest BCUT2D eigenvalue weighted by molar-refractivity contribution is -0.155. The molecule has 0 aromatic heterocycles. The fourth-order valence-electron chi connectivity index (χ4n) is 3.64. The Kier molecular flexibility index (Phi) is 7.01. The summed E-state index contributed by atoms with van der Waals surface area (Å²) in [7, 11) is 3.82. The molecule has 2 aromatic rings.